The number of hydrogen-bond donors (Lipinski definition) is 3. The average molecular weight is 261 g/mol. The fraction of sp³-hybridized carbons (Fsp3) is 0.500. The minimum Gasteiger partial charge on any atom is -0.485 e. The summed E-state index contributed by atoms with van der Waals surface area (Å²) in [5.74, 6) is 0.306. The number of aliphatic hydroxyl groups excluding tert-OH is 2. The highest BCUT2D eigenvalue weighted by atomic mass is 19.3. The Morgan fingerprint density at radius 2 is 2.11 bits per heavy atom. The smallest absolute Gasteiger partial charge is 0.272 e. The summed E-state index contributed by atoms with van der Waals surface area (Å²) in [6.45, 7) is 0.888. The van der Waals surface area contributed by atoms with Crippen LogP contribution in [0.5, 0.6) is 5.75 Å². The Kier molecular flexibility index (Phi) is 5.80. The minimum absolute atomic E-state index is 0.116. The number of ether oxygens (including phenoxy) is 1. The van der Waals surface area contributed by atoms with Crippen LogP contribution in [0.4, 0.5) is 14.5 Å². The Labute approximate surface area is 104 Å². The predicted octanol–water partition coefficient (Wildman–Crippen LogP) is 1.40. The normalized spacial score (nSPS) is 12.6. The van der Waals surface area contributed by atoms with Crippen molar-refractivity contribution < 1.29 is 23.7 Å². The van der Waals surface area contributed by atoms with Crippen LogP contribution in [-0.2, 0) is 0 Å². The van der Waals surface area contributed by atoms with Gasteiger partial charge in [-0.15, -0.1) is 0 Å². The first-order chi connectivity index (χ1) is 8.52. The molecular formula is C12H17F2NO3. The monoisotopic (exact) mass is 261 g/mol. The Balaban J connectivity index is 2.69. The SMILES string of the molecule is Cc1ccc(NCC(O)CO)c(OCC(F)F)c1. The van der Waals surface area contributed by atoms with Gasteiger partial charge in [-0.1, -0.05) is 6.07 Å². The van der Waals surface area contributed by atoms with Crippen LogP contribution in [0.25, 0.3) is 0 Å². The van der Waals surface area contributed by atoms with Crippen LogP contribution in [0, 0.1) is 6.92 Å². The van der Waals surface area contributed by atoms with E-state index in [2.05, 4.69) is 5.32 Å². The van der Waals surface area contributed by atoms with Crippen molar-refractivity contribution in [3.05, 3.63) is 23.8 Å². The summed E-state index contributed by atoms with van der Waals surface area (Å²) in [5, 5.41) is 20.7. The third kappa shape index (κ3) is 4.85. The standard InChI is InChI=1S/C12H17F2NO3/c1-8-2-3-10(15-5-9(17)6-16)11(4-8)18-7-12(13)14/h2-4,9,12,15-17H,5-7H2,1H3. The lowest BCUT2D eigenvalue weighted by atomic mass is 10.2. The lowest BCUT2D eigenvalue weighted by Crippen LogP contribution is -2.23. The highest BCUT2D eigenvalue weighted by Gasteiger charge is 2.09. The Bertz CT molecular complexity index is 374. The van der Waals surface area contributed by atoms with Crippen LogP contribution in [0.15, 0.2) is 18.2 Å². The van der Waals surface area contributed by atoms with Gasteiger partial charge in [0.2, 0.25) is 0 Å². The molecule has 1 aromatic carbocycles. The summed E-state index contributed by atoms with van der Waals surface area (Å²) in [4.78, 5) is 0. The van der Waals surface area contributed by atoms with Gasteiger partial charge in [0, 0.05) is 6.54 Å². The van der Waals surface area contributed by atoms with Crippen LogP contribution < -0.4 is 10.1 Å². The minimum atomic E-state index is -2.54. The molecule has 1 unspecified atom stereocenters. The van der Waals surface area contributed by atoms with E-state index in [1.165, 1.54) is 0 Å². The molecule has 102 valence electrons. The lowest BCUT2D eigenvalue weighted by molar-refractivity contribution is 0.0820. The van der Waals surface area contributed by atoms with Gasteiger partial charge in [-0.25, -0.2) is 8.78 Å². The molecular weight excluding hydrogens is 244 g/mol. The van der Waals surface area contributed by atoms with Gasteiger partial charge >= 0.3 is 0 Å². The van der Waals surface area contributed by atoms with E-state index < -0.39 is 19.1 Å². The molecule has 0 aliphatic heterocycles. The van der Waals surface area contributed by atoms with Gasteiger partial charge in [0.25, 0.3) is 6.43 Å². The molecule has 0 aliphatic carbocycles. The molecule has 0 heterocycles. The lowest BCUT2D eigenvalue weighted by Gasteiger charge is -2.15. The first-order valence-corrected chi connectivity index (χ1v) is 5.57. The molecule has 0 aromatic heterocycles. The number of alkyl halides is 2. The summed E-state index contributed by atoms with van der Waals surface area (Å²) >= 11 is 0. The first-order valence-electron chi connectivity index (χ1n) is 5.57. The zero-order valence-electron chi connectivity index (χ0n) is 10.1. The second kappa shape index (κ2) is 7.13. The second-order valence-corrected chi connectivity index (χ2v) is 3.92. The van der Waals surface area contributed by atoms with Crippen LogP contribution in [0.3, 0.4) is 0 Å². The molecule has 1 atom stereocenters. The molecule has 0 spiro atoms. The molecule has 0 bridgehead atoms. The highest BCUT2D eigenvalue weighted by molar-refractivity contribution is 5.57. The van der Waals surface area contributed by atoms with E-state index in [9.17, 15) is 13.9 Å². The van der Waals surface area contributed by atoms with Crippen molar-refractivity contribution in [2.75, 3.05) is 25.1 Å². The fourth-order valence-corrected chi connectivity index (χ4v) is 1.34. The predicted molar refractivity (Wildman–Crippen MR) is 64.3 cm³/mol. The topological polar surface area (TPSA) is 61.7 Å². The van der Waals surface area contributed by atoms with Crippen molar-refractivity contribution in [2.45, 2.75) is 19.5 Å². The molecule has 0 radical (unpaired) electrons. The maximum absolute atomic E-state index is 12.1. The van der Waals surface area contributed by atoms with E-state index >= 15 is 0 Å². The van der Waals surface area contributed by atoms with Gasteiger partial charge < -0.3 is 20.3 Å². The van der Waals surface area contributed by atoms with Gasteiger partial charge in [-0.3, -0.25) is 0 Å². The first kappa shape index (κ1) is 14.7. The zero-order chi connectivity index (χ0) is 13.5. The van der Waals surface area contributed by atoms with E-state index in [0.717, 1.165) is 5.56 Å². The number of hydrogen-bond acceptors (Lipinski definition) is 4. The Morgan fingerprint density at radius 3 is 2.72 bits per heavy atom. The summed E-state index contributed by atoms with van der Waals surface area (Å²) in [6.07, 6.45) is -3.45. The summed E-state index contributed by atoms with van der Waals surface area (Å²) in [7, 11) is 0. The Hall–Kier alpha value is -1.40. The molecule has 0 aliphatic rings. The van der Waals surface area contributed by atoms with E-state index in [1.807, 2.05) is 6.92 Å². The number of rotatable bonds is 7. The molecule has 0 saturated carbocycles. The van der Waals surface area contributed by atoms with Crippen molar-refractivity contribution in [2.24, 2.45) is 0 Å². The molecule has 0 saturated heterocycles. The quantitative estimate of drug-likeness (QED) is 0.694. The van der Waals surface area contributed by atoms with E-state index in [-0.39, 0.29) is 13.2 Å². The number of halogens is 2. The molecule has 1 rings (SSSR count). The Morgan fingerprint density at radius 1 is 1.39 bits per heavy atom. The van der Waals surface area contributed by atoms with Gasteiger partial charge in [0.05, 0.1) is 18.4 Å². The van der Waals surface area contributed by atoms with Gasteiger partial charge in [0.1, 0.15) is 12.4 Å². The van der Waals surface area contributed by atoms with Crippen molar-refractivity contribution in [1.29, 1.82) is 0 Å². The van der Waals surface area contributed by atoms with E-state index in [4.69, 9.17) is 9.84 Å². The fourth-order valence-electron chi connectivity index (χ4n) is 1.34. The van der Waals surface area contributed by atoms with Crippen LogP contribution in [0.2, 0.25) is 0 Å². The van der Waals surface area contributed by atoms with Crippen molar-refractivity contribution in [3.63, 3.8) is 0 Å². The van der Waals surface area contributed by atoms with Crippen molar-refractivity contribution >= 4 is 5.69 Å². The summed E-state index contributed by atoms with van der Waals surface area (Å²) in [5.41, 5.74) is 1.39. The zero-order valence-corrected chi connectivity index (χ0v) is 10.1. The van der Waals surface area contributed by atoms with Crippen molar-refractivity contribution in [3.8, 4) is 5.75 Å². The van der Waals surface area contributed by atoms with Crippen LogP contribution >= 0.6 is 0 Å². The summed E-state index contributed by atoms with van der Waals surface area (Å²) in [6, 6.07) is 5.11. The van der Waals surface area contributed by atoms with Gasteiger partial charge in [-0.2, -0.15) is 0 Å². The number of aliphatic hydroxyl groups is 2. The van der Waals surface area contributed by atoms with E-state index in [0.29, 0.717) is 11.4 Å². The number of aryl methyl sites for hydroxylation is 1. The molecule has 1 aromatic rings. The second-order valence-electron chi connectivity index (χ2n) is 3.92. The number of nitrogens with one attached hydrogen (secondary N) is 1. The van der Waals surface area contributed by atoms with Crippen molar-refractivity contribution in [1.82, 2.24) is 0 Å². The third-order valence-electron chi connectivity index (χ3n) is 2.24. The molecule has 3 N–H and O–H groups in total. The molecule has 4 nitrogen and oxygen atoms in total. The molecule has 0 fully saturated rings. The molecule has 6 heteroatoms. The van der Waals surface area contributed by atoms with Crippen LogP contribution in [-0.4, -0.2) is 42.5 Å². The van der Waals surface area contributed by atoms with E-state index in [1.54, 1.807) is 18.2 Å². The maximum Gasteiger partial charge on any atom is 0.272 e. The largest absolute Gasteiger partial charge is 0.485 e. The number of benzene rings is 1. The molecule has 0 amide bonds. The number of anilines is 1. The van der Waals surface area contributed by atoms with Gasteiger partial charge in [0.15, 0.2) is 0 Å². The van der Waals surface area contributed by atoms with Crippen LogP contribution in [0.1, 0.15) is 5.56 Å². The highest BCUT2D eigenvalue weighted by Crippen LogP contribution is 2.26. The molecule has 18 heavy (non-hydrogen) atoms. The third-order valence-corrected chi connectivity index (χ3v) is 2.24. The average Bonchev–Trinajstić information content (AvgIpc) is 2.34. The maximum atomic E-state index is 12.1. The van der Waals surface area contributed by atoms with Gasteiger partial charge in [-0.05, 0) is 24.6 Å². The summed E-state index contributed by atoms with van der Waals surface area (Å²) < 4.78 is 29.2.